The summed E-state index contributed by atoms with van der Waals surface area (Å²) in [5.74, 6) is -0.585. The molecule has 0 radical (unpaired) electrons. The van der Waals surface area contributed by atoms with E-state index in [4.69, 9.17) is 4.74 Å². The molecule has 2 N–H and O–H groups in total. The molecule has 0 atom stereocenters. The molecule has 3 aromatic rings. The van der Waals surface area contributed by atoms with E-state index in [0.29, 0.717) is 5.75 Å². The number of benzene rings is 2. The van der Waals surface area contributed by atoms with Crippen LogP contribution in [-0.2, 0) is 16.1 Å². The zero-order valence-electron chi connectivity index (χ0n) is 18.1. The number of aliphatic carboxylic acids is 1. The van der Waals surface area contributed by atoms with Gasteiger partial charge in [0.25, 0.3) is 0 Å². The van der Waals surface area contributed by atoms with Gasteiger partial charge in [-0.15, -0.1) is 0 Å². The van der Waals surface area contributed by atoms with Crippen molar-refractivity contribution in [2.45, 2.75) is 53.2 Å². The van der Waals surface area contributed by atoms with Crippen molar-refractivity contribution in [2.24, 2.45) is 0 Å². The standard InChI is InChI=1S/C24H28N2O4/c1-6-13-26-21-12-11-19(30-24(4,5)23(28)29)14-20(21)15(2)22(26)17-7-9-18(10-8-17)25-16(3)27/h7-12,14H,6,13H2,1-5H3,(H,25,27)(H,28,29). The second-order valence-electron chi connectivity index (χ2n) is 7.98. The number of carboxylic acids is 1. The van der Waals surface area contributed by atoms with E-state index in [1.807, 2.05) is 42.5 Å². The molecule has 6 nitrogen and oxygen atoms in total. The van der Waals surface area contributed by atoms with Gasteiger partial charge < -0.3 is 19.7 Å². The van der Waals surface area contributed by atoms with E-state index in [1.165, 1.54) is 20.8 Å². The minimum Gasteiger partial charge on any atom is -0.478 e. The van der Waals surface area contributed by atoms with Gasteiger partial charge in [0.2, 0.25) is 5.91 Å². The van der Waals surface area contributed by atoms with Gasteiger partial charge in [-0.2, -0.15) is 0 Å². The average molecular weight is 408 g/mol. The van der Waals surface area contributed by atoms with Crippen LogP contribution < -0.4 is 10.1 Å². The Morgan fingerprint density at radius 2 is 1.80 bits per heavy atom. The molecule has 1 amide bonds. The minimum absolute atomic E-state index is 0.101. The van der Waals surface area contributed by atoms with Crippen molar-refractivity contribution in [2.75, 3.05) is 5.32 Å². The highest BCUT2D eigenvalue weighted by atomic mass is 16.5. The summed E-state index contributed by atoms with van der Waals surface area (Å²) >= 11 is 0. The number of fused-ring (bicyclic) bond motifs is 1. The molecule has 0 aliphatic carbocycles. The lowest BCUT2D eigenvalue weighted by Crippen LogP contribution is -2.37. The molecule has 0 saturated carbocycles. The topological polar surface area (TPSA) is 80.6 Å². The number of ether oxygens (including phenoxy) is 1. The van der Waals surface area contributed by atoms with E-state index in [1.54, 1.807) is 0 Å². The Labute approximate surface area is 176 Å². The number of carbonyl (C=O) groups is 2. The third kappa shape index (κ3) is 4.17. The first-order valence-electron chi connectivity index (χ1n) is 10.1. The molecule has 0 bridgehead atoms. The summed E-state index contributed by atoms with van der Waals surface area (Å²) in [5.41, 5.74) is 3.79. The highest BCUT2D eigenvalue weighted by Gasteiger charge is 2.29. The molecule has 1 heterocycles. The lowest BCUT2D eigenvalue weighted by molar-refractivity contribution is -0.152. The van der Waals surface area contributed by atoms with E-state index in [-0.39, 0.29) is 5.91 Å². The second kappa shape index (κ2) is 8.22. The molecule has 0 saturated heterocycles. The molecule has 0 aliphatic rings. The van der Waals surface area contributed by atoms with Gasteiger partial charge in [0.15, 0.2) is 5.60 Å². The summed E-state index contributed by atoms with van der Waals surface area (Å²) in [7, 11) is 0. The van der Waals surface area contributed by atoms with Gasteiger partial charge in [-0.05, 0) is 68.7 Å². The molecule has 6 heteroatoms. The van der Waals surface area contributed by atoms with Crippen molar-refractivity contribution < 1.29 is 19.4 Å². The van der Waals surface area contributed by atoms with Crippen LogP contribution in [0.25, 0.3) is 22.2 Å². The molecule has 0 spiro atoms. The monoisotopic (exact) mass is 408 g/mol. The van der Waals surface area contributed by atoms with Crippen molar-refractivity contribution in [3.8, 4) is 17.0 Å². The van der Waals surface area contributed by atoms with Gasteiger partial charge in [0.1, 0.15) is 5.75 Å². The van der Waals surface area contributed by atoms with E-state index >= 15 is 0 Å². The zero-order chi connectivity index (χ0) is 22.1. The first-order valence-corrected chi connectivity index (χ1v) is 10.1. The van der Waals surface area contributed by atoms with Crippen LogP contribution in [-0.4, -0.2) is 27.2 Å². The maximum atomic E-state index is 11.4. The van der Waals surface area contributed by atoms with Gasteiger partial charge in [0, 0.05) is 30.1 Å². The van der Waals surface area contributed by atoms with Gasteiger partial charge >= 0.3 is 5.97 Å². The summed E-state index contributed by atoms with van der Waals surface area (Å²) in [4.78, 5) is 22.7. The molecule has 158 valence electrons. The molecular formula is C24H28N2O4. The highest BCUT2D eigenvalue weighted by Crippen LogP contribution is 2.36. The SMILES string of the molecule is CCCn1c(-c2ccc(NC(C)=O)cc2)c(C)c2cc(OC(C)(C)C(=O)O)ccc21. The number of hydrogen-bond donors (Lipinski definition) is 2. The molecule has 0 unspecified atom stereocenters. The molecule has 2 aromatic carbocycles. The van der Waals surface area contributed by atoms with Crippen LogP contribution in [0.4, 0.5) is 5.69 Å². The van der Waals surface area contributed by atoms with Crippen LogP contribution in [0.3, 0.4) is 0 Å². The van der Waals surface area contributed by atoms with Gasteiger partial charge in [-0.3, -0.25) is 4.79 Å². The van der Waals surface area contributed by atoms with Crippen LogP contribution in [0.1, 0.15) is 39.7 Å². The number of hydrogen-bond acceptors (Lipinski definition) is 3. The average Bonchev–Trinajstić information content (AvgIpc) is 2.93. The predicted molar refractivity (Wildman–Crippen MR) is 119 cm³/mol. The van der Waals surface area contributed by atoms with Crippen LogP contribution >= 0.6 is 0 Å². The number of carboxylic acid groups (broad SMARTS) is 1. The van der Waals surface area contributed by atoms with Crippen molar-refractivity contribution in [1.29, 1.82) is 0 Å². The first kappa shape index (κ1) is 21.4. The Morgan fingerprint density at radius 3 is 2.37 bits per heavy atom. The number of nitrogens with one attached hydrogen (secondary N) is 1. The summed E-state index contributed by atoms with van der Waals surface area (Å²) in [6.07, 6.45) is 0.977. The number of rotatable bonds is 7. The van der Waals surface area contributed by atoms with Gasteiger partial charge in [-0.1, -0.05) is 19.1 Å². The van der Waals surface area contributed by atoms with E-state index in [9.17, 15) is 14.7 Å². The van der Waals surface area contributed by atoms with Crippen LogP contribution in [0.15, 0.2) is 42.5 Å². The first-order chi connectivity index (χ1) is 14.1. The fourth-order valence-corrected chi connectivity index (χ4v) is 3.65. The number of aryl methyl sites for hydroxylation is 2. The Morgan fingerprint density at radius 1 is 1.13 bits per heavy atom. The highest BCUT2D eigenvalue weighted by molar-refractivity contribution is 5.93. The van der Waals surface area contributed by atoms with Crippen molar-refractivity contribution in [1.82, 2.24) is 4.57 Å². The number of carbonyl (C=O) groups excluding carboxylic acids is 1. The largest absolute Gasteiger partial charge is 0.478 e. The molecule has 0 aliphatic heterocycles. The van der Waals surface area contributed by atoms with Crippen LogP contribution in [0, 0.1) is 6.92 Å². The van der Waals surface area contributed by atoms with Crippen molar-refractivity contribution in [3.63, 3.8) is 0 Å². The molecule has 0 fully saturated rings. The molecule has 3 rings (SSSR count). The number of aromatic nitrogens is 1. The Hall–Kier alpha value is -3.28. The van der Waals surface area contributed by atoms with E-state index in [2.05, 4.69) is 23.7 Å². The molecular weight excluding hydrogens is 380 g/mol. The lowest BCUT2D eigenvalue weighted by atomic mass is 10.1. The predicted octanol–water partition coefficient (Wildman–Crippen LogP) is 5.23. The number of amides is 1. The Bertz CT molecular complexity index is 1090. The van der Waals surface area contributed by atoms with Gasteiger partial charge in [0.05, 0.1) is 5.69 Å². The summed E-state index contributed by atoms with van der Waals surface area (Å²) in [5, 5.41) is 13.2. The van der Waals surface area contributed by atoms with Crippen LogP contribution in [0.2, 0.25) is 0 Å². The maximum Gasteiger partial charge on any atom is 0.347 e. The summed E-state index contributed by atoms with van der Waals surface area (Å²) < 4.78 is 8.03. The molecule has 30 heavy (non-hydrogen) atoms. The third-order valence-corrected chi connectivity index (χ3v) is 5.10. The van der Waals surface area contributed by atoms with E-state index in [0.717, 1.165) is 46.4 Å². The lowest BCUT2D eigenvalue weighted by Gasteiger charge is -2.21. The fourth-order valence-electron chi connectivity index (χ4n) is 3.65. The van der Waals surface area contributed by atoms with Crippen molar-refractivity contribution >= 4 is 28.5 Å². The smallest absolute Gasteiger partial charge is 0.347 e. The normalized spacial score (nSPS) is 11.5. The number of nitrogens with zero attached hydrogens (tertiary/aromatic N) is 1. The maximum absolute atomic E-state index is 11.4. The Balaban J connectivity index is 2.10. The van der Waals surface area contributed by atoms with E-state index < -0.39 is 11.6 Å². The summed E-state index contributed by atoms with van der Waals surface area (Å²) in [6, 6.07) is 13.5. The van der Waals surface area contributed by atoms with Gasteiger partial charge in [-0.25, -0.2) is 4.79 Å². The number of anilines is 1. The quantitative estimate of drug-likeness (QED) is 0.561. The Kier molecular flexibility index (Phi) is 5.87. The second-order valence-corrected chi connectivity index (χ2v) is 7.98. The van der Waals surface area contributed by atoms with Crippen LogP contribution in [0.5, 0.6) is 5.75 Å². The van der Waals surface area contributed by atoms with Crippen molar-refractivity contribution in [3.05, 3.63) is 48.0 Å². The fraction of sp³-hybridized carbons (Fsp3) is 0.333. The summed E-state index contributed by atoms with van der Waals surface area (Å²) in [6.45, 7) is 9.62. The molecule has 1 aromatic heterocycles. The third-order valence-electron chi connectivity index (χ3n) is 5.10. The zero-order valence-corrected chi connectivity index (χ0v) is 18.1. The minimum atomic E-state index is -1.31.